The molecule has 0 amide bonds. The molecule has 0 fully saturated rings. The van der Waals surface area contributed by atoms with Crippen LogP contribution in [0.25, 0.3) is 0 Å². The zero-order valence-electron chi connectivity index (χ0n) is 17.8. The maximum atomic E-state index is 10.9. The largest absolute Gasteiger partial charge is 0.504 e. The minimum atomic E-state index is -0.206. The van der Waals surface area contributed by atoms with Crippen LogP contribution >= 0.6 is 15.9 Å². The molecule has 160 valence electrons. The molecule has 0 saturated carbocycles. The molecule has 0 unspecified atom stereocenters. The number of nitrogens with one attached hydrogen (secondary N) is 1. The Morgan fingerprint density at radius 3 is 2.45 bits per heavy atom. The van der Waals surface area contributed by atoms with Crippen molar-refractivity contribution in [1.29, 1.82) is 0 Å². The Bertz CT molecular complexity index is 1060. The van der Waals surface area contributed by atoms with Gasteiger partial charge in [0.05, 0.1) is 6.61 Å². The fourth-order valence-electron chi connectivity index (χ4n) is 3.92. The first-order valence-electron chi connectivity index (χ1n) is 10.7. The quantitative estimate of drug-likeness (QED) is 0.434. The summed E-state index contributed by atoms with van der Waals surface area (Å²) >= 11 is 3.51. The lowest BCUT2D eigenvalue weighted by molar-refractivity contribution is 0.313. The second-order valence-corrected chi connectivity index (χ2v) is 8.55. The number of hydrogen-bond donors (Lipinski definition) is 2. The highest BCUT2D eigenvalue weighted by molar-refractivity contribution is 9.10. The molecule has 1 heterocycles. The lowest BCUT2D eigenvalue weighted by atomic mass is 9.93. The van der Waals surface area contributed by atoms with E-state index in [1.807, 2.05) is 31.2 Å². The summed E-state index contributed by atoms with van der Waals surface area (Å²) in [5, 5.41) is 14.5. The summed E-state index contributed by atoms with van der Waals surface area (Å²) in [6.07, 6.45) is 1.49. The van der Waals surface area contributed by atoms with E-state index in [2.05, 4.69) is 64.6 Å². The van der Waals surface area contributed by atoms with Gasteiger partial charge in [0, 0.05) is 28.2 Å². The number of aromatic hydroxyl groups is 1. The summed E-state index contributed by atoms with van der Waals surface area (Å²) in [5.41, 5.74) is 5.36. The van der Waals surface area contributed by atoms with E-state index >= 15 is 0 Å². The van der Waals surface area contributed by atoms with E-state index in [1.54, 1.807) is 6.07 Å². The number of hydrogen-bond acceptors (Lipinski definition) is 4. The summed E-state index contributed by atoms with van der Waals surface area (Å²) in [7, 11) is 0. The summed E-state index contributed by atoms with van der Waals surface area (Å²) in [6, 6.07) is 22.4. The van der Waals surface area contributed by atoms with Crippen LogP contribution in [0.2, 0.25) is 0 Å². The molecule has 0 radical (unpaired) electrons. The predicted octanol–water partition coefficient (Wildman–Crippen LogP) is 6.34. The minimum Gasteiger partial charge on any atom is -0.504 e. The van der Waals surface area contributed by atoms with Crippen molar-refractivity contribution in [3.8, 4) is 11.5 Å². The van der Waals surface area contributed by atoms with Gasteiger partial charge in [-0.3, -0.25) is 10.3 Å². The number of ether oxygens (including phenoxy) is 1. The van der Waals surface area contributed by atoms with Crippen molar-refractivity contribution in [2.75, 3.05) is 6.61 Å². The zero-order valence-corrected chi connectivity index (χ0v) is 19.4. The number of aryl methyl sites for hydroxylation is 1. The molecule has 0 aromatic heterocycles. The van der Waals surface area contributed by atoms with Gasteiger partial charge in [-0.25, -0.2) is 0 Å². The van der Waals surface area contributed by atoms with Crippen molar-refractivity contribution in [3.63, 3.8) is 0 Å². The Hall–Kier alpha value is -2.63. The van der Waals surface area contributed by atoms with Gasteiger partial charge in [0.25, 0.3) is 0 Å². The Morgan fingerprint density at radius 1 is 1.03 bits per heavy atom. The van der Waals surface area contributed by atoms with Gasteiger partial charge >= 0.3 is 0 Å². The summed E-state index contributed by atoms with van der Waals surface area (Å²) in [4.78, 5) is 5.05. The van der Waals surface area contributed by atoms with E-state index in [1.165, 1.54) is 5.56 Å². The lowest BCUT2D eigenvalue weighted by Gasteiger charge is -2.31. The van der Waals surface area contributed by atoms with Gasteiger partial charge in [-0.05, 0) is 48.2 Å². The van der Waals surface area contributed by atoms with E-state index < -0.39 is 0 Å². The lowest BCUT2D eigenvalue weighted by Crippen LogP contribution is -2.33. The minimum absolute atomic E-state index is 0.0904. The predicted molar refractivity (Wildman–Crippen MR) is 129 cm³/mol. The third-order valence-electron chi connectivity index (χ3n) is 5.63. The molecule has 0 bridgehead atoms. The number of phenolic OH excluding ortho intramolecular Hbond substituents is 1. The van der Waals surface area contributed by atoms with Crippen molar-refractivity contribution in [2.45, 2.75) is 38.9 Å². The number of para-hydroxylation sites is 1. The van der Waals surface area contributed by atoms with Crippen molar-refractivity contribution in [3.05, 3.63) is 93.5 Å². The molecule has 4 nitrogen and oxygen atoms in total. The maximum Gasteiger partial charge on any atom is 0.162 e. The highest BCUT2D eigenvalue weighted by Gasteiger charge is 2.28. The first-order chi connectivity index (χ1) is 15.1. The van der Waals surface area contributed by atoms with Crippen LogP contribution in [0.3, 0.4) is 0 Å². The van der Waals surface area contributed by atoms with Gasteiger partial charge in [0.2, 0.25) is 0 Å². The molecule has 0 aliphatic carbocycles. The van der Waals surface area contributed by atoms with Crippen molar-refractivity contribution < 1.29 is 9.84 Å². The molecule has 0 saturated heterocycles. The molecule has 0 spiro atoms. The Kier molecular flexibility index (Phi) is 6.73. The number of rotatable bonds is 6. The van der Waals surface area contributed by atoms with E-state index in [-0.39, 0.29) is 18.0 Å². The SMILES string of the molecule is CCOc1cccc([C@H]2CC(c3ccc(CC)cc3)=N[C@@H](c3ccc(Br)cc3)N2)c1O. The van der Waals surface area contributed by atoms with Crippen LogP contribution in [0.1, 0.15) is 54.7 Å². The van der Waals surface area contributed by atoms with Crippen LogP contribution in [0.4, 0.5) is 0 Å². The topological polar surface area (TPSA) is 53.8 Å². The summed E-state index contributed by atoms with van der Waals surface area (Å²) in [6.45, 7) is 4.58. The third-order valence-corrected chi connectivity index (χ3v) is 6.16. The molecule has 1 aliphatic heterocycles. The van der Waals surface area contributed by atoms with Crippen LogP contribution < -0.4 is 10.1 Å². The van der Waals surface area contributed by atoms with Crippen molar-refractivity contribution >= 4 is 21.6 Å². The van der Waals surface area contributed by atoms with E-state index in [0.717, 1.165) is 33.3 Å². The average Bonchev–Trinajstić information content (AvgIpc) is 2.81. The van der Waals surface area contributed by atoms with Crippen LogP contribution in [-0.4, -0.2) is 17.4 Å². The second kappa shape index (κ2) is 9.67. The van der Waals surface area contributed by atoms with E-state index in [0.29, 0.717) is 18.8 Å². The van der Waals surface area contributed by atoms with E-state index in [4.69, 9.17) is 9.73 Å². The summed E-state index contributed by atoms with van der Waals surface area (Å²) in [5.74, 6) is 0.706. The number of phenols is 1. The average molecular weight is 479 g/mol. The Labute approximate surface area is 192 Å². The zero-order chi connectivity index (χ0) is 21.8. The van der Waals surface area contributed by atoms with Gasteiger partial charge < -0.3 is 9.84 Å². The van der Waals surface area contributed by atoms with Crippen LogP contribution in [-0.2, 0) is 6.42 Å². The third kappa shape index (κ3) is 4.83. The molecule has 4 rings (SSSR count). The van der Waals surface area contributed by atoms with Gasteiger partial charge in [0.1, 0.15) is 6.17 Å². The Morgan fingerprint density at radius 2 is 1.77 bits per heavy atom. The van der Waals surface area contributed by atoms with Gasteiger partial charge in [-0.1, -0.05) is 71.4 Å². The standard InChI is InChI=1S/C26H27BrN2O2/c1-3-17-8-10-18(11-9-17)22-16-23(21-6-5-7-24(25(21)30)31-4-2)29-26(28-22)19-12-14-20(27)15-13-19/h5-15,23,26,29-30H,3-4,16H2,1-2H3/t23-,26-/m1/s1. The molecule has 1 aliphatic rings. The first-order valence-corrected chi connectivity index (χ1v) is 11.5. The van der Waals surface area contributed by atoms with Gasteiger partial charge in [-0.15, -0.1) is 0 Å². The van der Waals surface area contributed by atoms with E-state index in [9.17, 15) is 5.11 Å². The normalized spacial score (nSPS) is 18.5. The van der Waals surface area contributed by atoms with Crippen molar-refractivity contribution in [2.24, 2.45) is 4.99 Å². The highest BCUT2D eigenvalue weighted by Crippen LogP contribution is 2.39. The number of aliphatic imine (C=N–C) groups is 1. The maximum absolute atomic E-state index is 10.9. The van der Waals surface area contributed by atoms with Crippen molar-refractivity contribution in [1.82, 2.24) is 5.32 Å². The second-order valence-electron chi connectivity index (χ2n) is 7.63. The molecule has 5 heteroatoms. The molecular formula is C26H27BrN2O2. The van der Waals surface area contributed by atoms with Crippen LogP contribution in [0.15, 0.2) is 76.2 Å². The molecule has 2 atom stereocenters. The smallest absolute Gasteiger partial charge is 0.162 e. The number of nitrogens with zero attached hydrogens (tertiary/aromatic N) is 1. The Balaban J connectivity index is 1.73. The first kappa shape index (κ1) is 21.6. The monoisotopic (exact) mass is 478 g/mol. The molecule has 31 heavy (non-hydrogen) atoms. The number of benzene rings is 3. The van der Waals surface area contributed by atoms with Gasteiger partial charge in [0.15, 0.2) is 11.5 Å². The molecule has 3 aromatic carbocycles. The fourth-order valence-corrected chi connectivity index (χ4v) is 4.19. The van der Waals surface area contributed by atoms with Crippen LogP contribution in [0.5, 0.6) is 11.5 Å². The molecular weight excluding hydrogens is 452 g/mol. The fraction of sp³-hybridized carbons (Fsp3) is 0.269. The molecule has 2 N–H and O–H groups in total. The highest BCUT2D eigenvalue weighted by atomic mass is 79.9. The van der Waals surface area contributed by atoms with Gasteiger partial charge in [-0.2, -0.15) is 0 Å². The molecule has 3 aromatic rings. The number of halogens is 1. The van der Waals surface area contributed by atoms with Crippen LogP contribution in [0, 0.1) is 0 Å². The summed E-state index contributed by atoms with van der Waals surface area (Å²) < 4.78 is 6.65.